The van der Waals surface area contributed by atoms with Gasteiger partial charge in [-0.15, -0.1) is 0 Å². The van der Waals surface area contributed by atoms with E-state index in [0.717, 1.165) is 6.07 Å². The second kappa shape index (κ2) is 9.93. The number of amides is 1. The number of rotatable bonds is 7. The number of carbonyl (C=O) groups excluding carboxylic acids is 1. The number of hydrogen-bond acceptors (Lipinski definition) is 6. The van der Waals surface area contributed by atoms with Gasteiger partial charge in [-0.3, -0.25) is 4.79 Å². The summed E-state index contributed by atoms with van der Waals surface area (Å²) >= 11 is 0. The zero-order valence-electron chi connectivity index (χ0n) is 17.4. The number of carbonyl (C=O) groups is 1. The highest BCUT2D eigenvalue weighted by molar-refractivity contribution is 5.97. The Balaban J connectivity index is 1.53. The van der Waals surface area contributed by atoms with Crippen LogP contribution in [0.25, 0.3) is 11.4 Å². The Hall–Kier alpha value is -3.90. The summed E-state index contributed by atoms with van der Waals surface area (Å²) in [7, 11) is 0. The van der Waals surface area contributed by atoms with Crippen LogP contribution < -0.4 is 5.32 Å². The van der Waals surface area contributed by atoms with E-state index in [1.165, 1.54) is 49.4 Å². The average Bonchev–Trinajstić information content (AvgIpc) is 3.28. The zero-order chi connectivity index (χ0) is 24.9. The number of aromatic nitrogens is 2. The van der Waals surface area contributed by atoms with Crippen LogP contribution in [-0.2, 0) is 23.8 Å². The molecule has 3 rings (SSSR count). The number of nitrogens with one attached hydrogen (secondary N) is 1. The molecule has 0 radical (unpaired) electrons. The predicted molar refractivity (Wildman–Crippen MR) is 106 cm³/mol. The van der Waals surface area contributed by atoms with Crippen LogP contribution in [0.15, 0.2) is 58.2 Å². The lowest BCUT2D eigenvalue weighted by molar-refractivity contribution is -0.159. The molecule has 0 aliphatic rings. The third-order valence-corrected chi connectivity index (χ3v) is 4.34. The monoisotopic (exact) mass is 486 g/mol. The number of benzene rings is 2. The van der Waals surface area contributed by atoms with E-state index in [9.17, 15) is 31.1 Å². The summed E-state index contributed by atoms with van der Waals surface area (Å²) in [4.78, 5) is 20.5. The molecule has 13 heteroatoms. The van der Waals surface area contributed by atoms with Gasteiger partial charge in [0, 0.05) is 16.7 Å². The van der Waals surface area contributed by atoms with Gasteiger partial charge in [0.2, 0.25) is 5.82 Å². The normalized spacial score (nSPS) is 12.5. The summed E-state index contributed by atoms with van der Waals surface area (Å²) in [6.45, 7) is 1.05. The van der Waals surface area contributed by atoms with Crippen LogP contribution in [0.2, 0.25) is 0 Å². The summed E-state index contributed by atoms with van der Waals surface area (Å²) in [5.41, 5.74) is -0.215. The van der Waals surface area contributed by atoms with E-state index in [1.54, 1.807) is 0 Å². The van der Waals surface area contributed by atoms with Gasteiger partial charge in [-0.25, -0.2) is 0 Å². The van der Waals surface area contributed by atoms with Crippen molar-refractivity contribution in [3.63, 3.8) is 0 Å². The van der Waals surface area contributed by atoms with Crippen molar-refractivity contribution >= 4 is 11.6 Å². The SMILES string of the molecule is CC(CNC(=O)c1ccc(-c2noc(C(F)(F)F)n2)cc1)=NOCc1ccccc1C(F)(F)F. The van der Waals surface area contributed by atoms with Crippen molar-refractivity contribution in [1.82, 2.24) is 15.5 Å². The van der Waals surface area contributed by atoms with E-state index >= 15 is 0 Å². The molecule has 0 atom stereocenters. The van der Waals surface area contributed by atoms with Crippen LogP contribution in [-0.4, -0.2) is 28.3 Å². The molecule has 0 saturated carbocycles. The lowest BCUT2D eigenvalue weighted by atomic mass is 10.1. The summed E-state index contributed by atoms with van der Waals surface area (Å²) < 4.78 is 80.8. The maximum atomic E-state index is 13.0. The van der Waals surface area contributed by atoms with Crippen molar-refractivity contribution < 1.29 is 40.5 Å². The fraction of sp³-hybridized carbons (Fsp3) is 0.238. The Kier molecular flexibility index (Phi) is 7.23. The Morgan fingerprint density at radius 2 is 1.71 bits per heavy atom. The Morgan fingerprint density at radius 3 is 2.32 bits per heavy atom. The molecule has 1 amide bonds. The van der Waals surface area contributed by atoms with Crippen LogP contribution in [0.4, 0.5) is 26.3 Å². The maximum absolute atomic E-state index is 13.0. The van der Waals surface area contributed by atoms with Gasteiger partial charge in [-0.2, -0.15) is 31.3 Å². The molecule has 0 aliphatic heterocycles. The van der Waals surface area contributed by atoms with Crippen LogP contribution in [0.5, 0.6) is 0 Å². The predicted octanol–water partition coefficient (Wildman–Crippen LogP) is 5.10. The van der Waals surface area contributed by atoms with Crippen molar-refractivity contribution in [2.45, 2.75) is 25.9 Å². The highest BCUT2D eigenvalue weighted by Crippen LogP contribution is 2.32. The summed E-state index contributed by atoms with van der Waals surface area (Å²) in [6, 6.07) is 10.3. The molecular weight excluding hydrogens is 470 g/mol. The van der Waals surface area contributed by atoms with Crippen LogP contribution in [0.3, 0.4) is 0 Å². The molecule has 0 unspecified atom stereocenters. The van der Waals surface area contributed by atoms with E-state index in [2.05, 4.69) is 25.1 Å². The van der Waals surface area contributed by atoms with E-state index < -0.39 is 36.3 Å². The lowest BCUT2D eigenvalue weighted by Crippen LogP contribution is -2.28. The van der Waals surface area contributed by atoms with Crippen molar-refractivity contribution in [2.75, 3.05) is 6.54 Å². The molecule has 0 bridgehead atoms. The van der Waals surface area contributed by atoms with E-state index in [0.29, 0.717) is 5.71 Å². The summed E-state index contributed by atoms with van der Waals surface area (Å²) in [6.07, 6.45) is -9.29. The maximum Gasteiger partial charge on any atom is 0.471 e. The molecular formula is C21H16F6N4O3. The van der Waals surface area contributed by atoms with Crippen LogP contribution in [0, 0.1) is 0 Å². The number of halogens is 6. The van der Waals surface area contributed by atoms with E-state index in [-0.39, 0.29) is 29.1 Å². The molecule has 1 N–H and O–H groups in total. The Labute approximate surface area is 188 Å². The topological polar surface area (TPSA) is 89.6 Å². The average molecular weight is 486 g/mol. The van der Waals surface area contributed by atoms with Crippen molar-refractivity contribution in [3.05, 3.63) is 71.1 Å². The minimum absolute atomic E-state index is 0.0543. The molecule has 0 spiro atoms. The Morgan fingerprint density at radius 1 is 1.03 bits per heavy atom. The third-order valence-electron chi connectivity index (χ3n) is 4.34. The van der Waals surface area contributed by atoms with Gasteiger partial charge in [0.15, 0.2) is 0 Å². The van der Waals surface area contributed by atoms with Gasteiger partial charge >= 0.3 is 18.2 Å². The van der Waals surface area contributed by atoms with E-state index in [4.69, 9.17) is 4.84 Å². The molecule has 0 fully saturated rings. The second-order valence-corrected chi connectivity index (χ2v) is 6.94. The standard InChI is InChI=1S/C21H16F6N4O3/c1-12(30-33-11-15-4-2-3-5-16(15)20(22,23)24)10-28-18(32)14-8-6-13(7-9-14)17-29-19(34-31-17)21(25,26)27/h2-9H,10-11H2,1H3,(H,28,32). The molecule has 1 aromatic heterocycles. The molecule has 3 aromatic rings. The van der Waals surface area contributed by atoms with Gasteiger partial charge in [-0.1, -0.05) is 40.6 Å². The minimum Gasteiger partial charge on any atom is -0.391 e. The van der Waals surface area contributed by atoms with Gasteiger partial charge in [0.25, 0.3) is 5.91 Å². The molecule has 7 nitrogen and oxygen atoms in total. The van der Waals surface area contributed by atoms with Gasteiger partial charge in [0.1, 0.15) is 6.61 Å². The van der Waals surface area contributed by atoms with Crippen molar-refractivity contribution in [1.29, 1.82) is 0 Å². The molecule has 0 saturated heterocycles. The van der Waals surface area contributed by atoms with Crippen molar-refractivity contribution in [3.8, 4) is 11.4 Å². The minimum atomic E-state index is -4.77. The fourth-order valence-corrected chi connectivity index (χ4v) is 2.70. The van der Waals surface area contributed by atoms with E-state index in [1.807, 2.05) is 0 Å². The second-order valence-electron chi connectivity index (χ2n) is 6.94. The van der Waals surface area contributed by atoms with Crippen LogP contribution >= 0.6 is 0 Å². The zero-order valence-corrected chi connectivity index (χ0v) is 17.4. The summed E-state index contributed by atoms with van der Waals surface area (Å²) in [5, 5.41) is 9.50. The van der Waals surface area contributed by atoms with Gasteiger partial charge in [-0.05, 0) is 25.1 Å². The first-order chi connectivity index (χ1) is 15.9. The fourth-order valence-electron chi connectivity index (χ4n) is 2.70. The Bertz CT molecular complexity index is 1170. The quantitative estimate of drug-likeness (QED) is 0.285. The number of nitrogens with zero attached hydrogens (tertiary/aromatic N) is 3. The van der Waals surface area contributed by atoms with Crippen LogP contribution in [0.1, 0.15) is 34.3 Å². The van der Waals surface area contributed by atoms with Gasteiger partial charge < -0.3 is 14.7 Å². The highest BCUT2D eigenvalue weighted by atomic mass is 19.4. The first kappa shape index (κ1) is 24.7. The van der Waals surface area contributed by atoms with Gasteiger partial charge in [0.05, 0.1) is 17.8 Å². The molecule has 34 heavy (non-hydrogen) atoms. The molecule has 0 aliphatic carbocycles. The number of oxime groups is 1. The first-order valence-corrected chi connectivity index (χ1v) is 9.55. The third kappa shape index (κ3) is 6.33. The molecule has 2 aromatic carbocycles. The number of hydrogen-bond donors (Lipinski definition) is 1. The molecule has 180 valence electrons. The highest BCUT2D eigenvalue weighted by Gasteiger charge is 2.38. The smallest absolute Gasteiger partial charge is 0.391 e. The van der Waals surface area contributed by atoms with Crippen molar-refractivity contribution in [2.24, 2.45) is 5.16 Å². The largest absolute Gasteiger partial charge is 0.471 e. The number of alkyl halides is 6. The summed E-state index contributed by atoms with van der Waals surface area (Å²) in [5.74, 6) is -2.29. The first-order valence-electron chi connectivity index (χ1n) is 9.55. The lowest BCUT2D eigenvalue weighted by Gasteiger charge is -2.11. The molecule has 1 heterocycles.